The zero-order valence-electron chi connectivity index (χ0n) is 8.38. The van der Waals surface area contributed by atoms with E-state index in [4.69, 9.17) is 0 Å². The second-order valence-electron chi connectivity index (χ2n) is 3.29. The van der Waals surface area contributed by atoms with Crippen molar-refractivity contribution >= 4 is 11.6 Å². The van der Waals surface area contributed by atoms with Crippen molar-refractivity contribution in [2.45, 2.75) is 32.6 Å². The minimum Gasteiger partial charge on any atom is -0.358 e. The van der Waals surface area contributed by atoms with E-state index in [-0.39, 0.29) is 5.78 Å². The number of H-pyrrole nitrogens is 1. The van der Waals surface area contributed by atoms with E-state index in [1.807, 2.05) is 0 Å². The van der Waals surface area contributed by atoms with Gasteiger partial charge in [-0.2, -0.15) is 0 Å². The Hall–Kier alpha value is -1.38. The van der Waals surface area contributed by atoms with Crippen molar-refractivity contribution in [1.82, 2.24) is 4.98 Å². The number of carbonyl (C=O) groups is 2. The molecule has 0 aliphatic carbocycles. The Morgan fingerprint density at radius 2 is 2.14 bits per heavy atom. The normalized spacial score (nSPS) is 10.1. The second-order valence-corrected chi connectivity index (χ2v) is 3.29. The SMILES string of the molecule is CCCCCC(=O)C(=O)c1ccc[nH]1. The average molecular weight is 193 g/mol. The fourth-order valence-corrected chi connectivity index (χ4v) is 1.27. The molecule has 1 aromatic heterocycles. The van der Waals surface area contributed by atoms with E-state index < -0.39 is 5.78 Å². The topological polar surface area (TPSA) is 49.9 Å². The lowest BCUT2D eigenvalue weighted by molar-refractivity contribution is -0.115. The molecule has 1 aromatic rings. The van der Waals surface area contributed by atoms with Crippen LogP contribution in [0.5, 0.6) is 0 Å². The maximum atomic E-state index is 11.4. The van der Waals surface area contributed by atoms with Crippen LogP contribution in [-0.2, 0) is 4.79 Å². The Morgan fingerprint density at radius 3 is 2.71 bits per heavy atom. The van der Waals surface area contributed by atoms with Crippen LogP contribution in [0.1, 0.15) is 43.1 Å². The van der Waals surface area contributed by atoms with Crippen LogP contribution in [0.25, 0.3) is 0 Å². The second kappa shape index (κ2) is 5.37. The molecule has 14 heavy (non-hydrogen) atoms. The van der Waals surface area contributed by atoms with Crippen molar-refractivity contribution < 1.29 is 9.59 Å². The van der Waals surface area contributed by atoms with Gasteiger partial charge in [0.05, 0.1) is 5.69 Å². The first kappa shape index (κ1) is 10.7. The molecule has 0 aromatic carbocycles. The van der Waals surface area contributed by atoms with Crippen molar-refractivity contribution in [2.24, 2.45) is 0 Å². The molecule has 0 saturated carbocycles. The number of ketones is 2. The molecule has 1 N–H and O–H groups in total. The molecule has 0 bridgehead atoms. The average Bonchev–Trinajstić information content (AvgIpc) is 2.69. The van der Waals surface area contributed by atoms with Crippen LogP contribution < -0.4 is 0 Å². The zero-order chi connectivity index (χ0) is 10.4. The summed E-state index contributed by atoms with van der Waals surface area (Å²) in [6.45, 7) is 2.07. The molecule has 1 heterocycles. The van der Waals surface area contributed by atoms with Gasteiger partial charge in [0.1, 0.15) is 0 Å². The number of rotatable bonds is 6. The summed E-state index contributed by atoms with van der Waals surface area (Å²) in [6.07, 6.45) is 4.88. The van der Waals surface area contributed by atoms with Gasteiger partial charge in [-0.25, -0.2) is 0 Å². The Kier molecular flexibility index (Phi) is 4.11. The van der Waals surface area contributed by atoms with E-state index in [0.717, 1.165) is 19.3 Å². The number of carbonyl (C=O) groups excluding carboxylic acids is 2. The van der Waals surface area contributed by atoms with Crippen molar-refractivity contribution in [1.29, 1.82) is 0 Å². The Balaban J connectivity index is 2.42. The van der Waals surface area contributed by atoms with E-state index >= 15 is 0 Å². The number of hydrogen-bond acceptors (Lipinski definition) is 2. The first-order valence-corrected chi connectivity index (χ1v) is 4.96. The Labute approximate surface area is 83.5 Å². The zero-order valence-corrected chi connectivity index (χ0v) is 8.38. The summed E-state index contributed by atoms with van der Waals surface area (Å²) in [4.78, 5) is 25.5. The highest BCUT2D eigenvalue weighted by Gasteiger charge is 2.15. The molecule has 0 saturated heterocycles. The summed E-state index contributed by atoms with van der Waals surface area (Å²) in [5, 5.41) is 0. The number of unbranched alkanes of at least 4 members (excludes halogenated alkanes) is 2. The van der Waals surface area contributed by atoms with Crippen LogP contribution in [0, 0.1) is 0 Å². The molecule has 0 aliphatic rings. The molecule has 1 rings (SSSR count). The fourth-order valence-electron chi connectivity index (χ4n) is 1.27. The maximum absolute atomic E-state index is 11.4. The van der Waals surface area contributed by atoms with Gasteiger partial charge < -0.3 is 4.98 Å². The summed E-state index contributed by atoms with van der Waals surface area (Å²) in [6, 6.07) is 3.34. The van der Waals surface area contributed by atoms with Crippen LogP contribution in [0.3, 0.4) is 0 Å². The van der Waals surface area contributed by atoms with Crippen LogP contribution in [-0.4, -0.2) is 16.6 Å². The Bertz CT molecular complexity index is 301. The number of Topliss-reactive ketones (excluding diaryl/α,β-unsaturated/α-hetero) is 2. The number of aromatic amines is 1. The van der Waals surface area contributed by atoms with E-state index in [9.17, 15) is 9.59 Å². The molecule has 3 nitrogen and oxygen atoms in total. The lowest BCUT2D eigenvalue weighted by atomic mass is 10.1. The van der Waals surface area contributed by atoms with Gasteiger partial charge in [0.2, 0.25) is 11.6 Å². The van der Waals surface area contributed by atoms with E-state index in [1.165, 1.54) is 0 Å². The van der Waals surface area contributed by atoms with Crippen molar-refractivity contribution in [3.05, 3.63) is 24.0 Å². The standard InChI is InChI=1S/C11H15NO2/c1-2-3-4-7-10(13)11(14)9-6-5-8-12-9/h5-6,8,12H,2-4,7H2,1H3. The molecule has 0 fully saturated rings. The monoisotopic (exact) mass is 193 g/mol. The fraction of sp³-hybridized carbons (Fsp3) is 0.455. The first-order valence-electron chi connectivity index (χ1n) is 4.96. The molecule has 0 aliphatic heterocycles. The summed E-state index contributed by atoms with van der Waals surface area (Å²) < 4.78 is 0. The highest BCUT2D eigenvalue weighted by atomic mass is 16.2. The molecule has 3 heteroatoms. The van der Waals surface area contributed by atoms with Crippen molar-refractivity contribution in [2.75, 3.05) is 0 Å². The molecule has 76 valence electrons. The number of nitrogens with one attached hydrogen (secondary N) is 1. The third-order valence-electron chi connectivity index (χ3n) is 2.10. The van der Waals surface area contributed by atoms with Gasteiger partial charge in [-0.3, -0.25) is 9.59 Å². The van der Waals surface area contributed by atoms with Gasteiger partial charge in [-0.05, 0) is 18.6 Å². The van der Waals surface area contributed by atoms with Gasteiger partial charge in [0.25, 0.3) is 0 Å². The minimum atomic E-state index is -0.397. The van der Waals surface area contributed by atoms with Gasteiger partial charge in [-0.1, -0.05) is 19.8 Å². The Morgan fingerprint density at radius 1 is 1.36 bits per heavy atom. The smallest absolute Gasteiger partial charge is 0.244 e. The summed E-state index contributed by atoms with van der Waals surface area (Å²) in [7, 11) is 0. The maximum Gasteiger partial charge on any atom is 0.244 e. The molecule has 0 amide bonds. The van der Waals surface area contributed by atoms with E-state index in [0.29, 0.717) is 12.1 Å². The lowest BCUT2D eigenvalue weighted by Crippen LogP contribution is -2.14. The molecule has 0 unspecified atom stereocenters. The molecular weight excluding hydrogens is 178 g/mol. The van der Waals surface area contributed by atoms with Gasteiger partial charge in [0, 0.05) is 12.6 Å². The third kappa shape index (κ3) is 2.83. The van der Waals surface area contributed by atoms with Crippen molar-refractivity contribution in [3.8, 4) is 0 Å². The minimum absolute atomic E-state index is 0.291. The third-order valence-corrected chi connectivity index (χ3v) is 2.10. The summed E-state index contributed by atoms with van der Waals surface area (Å²) >= 11 is 0. The lowest BCUT2D eigenvalue weighted by Gasteiger charge is -1.97. The highest BCUT2D eigenvalue weighted by Crippen LogP contribution is 2.04. The van der Waals surface area contributed by atoms with E-state index in [1.54, 1.807) is 18.3 Å². The predicted octanol–water partition coefficient (Wildman–Crippen LogP) is 2.35. The van der Waals surface area contributed by atoms with Crippen LogP contribution in [0.4, 0.5) is 0 Å². The molecule has 0 radical (unpaired) electrons. The van der Waals surface area contributed by atoms with Gasteiger partial charge >= 0.3 is 0 Å². The quantitative estimate of drug-likeness (QED) is 0.428. The summed E-state index contributed by atoms with van der Waals surface area (Å²) in [5.74, 6) is -0.688. The highest BCUT2D eigenvalue weighted by molar-refractivity contribution is 6.43. The van der Waals surface area contributed by atoms with Crippen LogP contribution in [0.15, 0.2) is 18.3 Å². The predicted molar refractivity (Wildman–Crippen MR) is 54.3 cm³/mol. The van der Waals surface area contributed by atoms with Gasteiger partial charge in [0.15, 0.2) is 0 Å². The number of aromatic nitrogens is 1. The van der Waals surface area contributed by atoms with Crippen LogP contribution in [0.2, 0.25) is 0 Å². The van der Waals surface area contributed by atoms with Gasteiger partial charge in [-0.15, -0.1) is 0 Å². The summed E-state index contributed by atoms with van der Waals surface area (Å²) in [5.41, 5.74) is 0.395. The van der Waals surface area contributed by atoms with Crippen LogP contribution >= 0.6 is 0 Å². The first-order chi connectivity index (χ1) is 6.75. The number of hydrogen-bond donors (Lipinski definition) is 1. The van der Waals surface area contributed by atoms with Crippen molar-refractivity contribution in [3.63, 3.8) is 0 Å². The largest absolute Gasteiger partial charge is 0.358 e. The van der Waals surface area contributed by atoms with E-state index in [2.05, 4.69) is 11.9 Å². The molecular formula is C11H15NO2. The molecule has 0 spiro atoms. The molecule has 0 atom stereocenters.